The van der Waals surface area contributed by atoms with Crippen LogP contribution in [0.3, 0.4) is 0 Å². The minimum atomic E-state index is 0.538. The normalized spacial score (nSPS) is 10.7. The monoisotopic (exact) mass is 304 g/mol. The van der Waals surface area contributed by atoms with Crippen LogP contribution in [-0.2, 0) is 11.5 Å². The van der Waals surface area contributed by atoms with E-state index < -0.39 is 0 Å². The van der Waals surface area contributed by atoms with Gasteiger partial charge >= 0.3 is 0 Å². The molecule has 0 N–H and O–H groups in total. The summed E-state index contributed by atoms with van der Waals surface area (Å²) < 4.78 is 8.45. The minimum Gasteiger partial charge on any atom is -0.361 e. The highest BCUT2D eigenvalue weighted by molar-refractivity contribution is 9.10. The Bertz CT molecular complexity index is 352. The average Bonchev–Trinajstić information content (AvgIpc) is 2.60. The molecule has 0 aliphatic rings. The van der Waals surface area contributed by atoms with Crippen LogP contribution in [-0.4, -0.2) is 22.4 Å². The SMILES string of the molecule is C=Cc1c(Br)nc(SC)n1COCCCC. The van der Waals surface area contributed by atoms with E-state index in [1.54, 1.807) is 17.8 Å². The number of thioether (sulfide) groups is 1. The number of hydrogen-bond donors (Lipinski definition) is 0. The van der Waals surface area contributed by atoms with Crippen molar-refractivity contribution in [2.45, 2.75) is 31.7 Å². The minimum absolute atomic E-state index is 0.538. The number of unbranched alkanes of at least 4 members (excludes halogenated alkanes) is 1. The summed E-state index contributed by atoms with van der Waals surface area (Å²) >= 11 is 5.02. The molecule has 0 atom stereocenters. The fourth-order valence-corrected chi connectivity index (χ4v) is 2.51. The maximum absolute atomic E-state index is 5.60. The Morgan fingerprint density at radius 3 is 2.94 bits per heavy atom. The third-order valence-electron chi connectivity index (χ3n) is 2.17. The number of imidazole rings is 1. The van der Waals surface area contributed by atoms with Crippen molar-refractivity contribution in [3.05, 3.63) is 16.9 Å². The third kappa shape index (κ3) is 3.37. The van der Waals surface area contributed by atoms with Gasteiger partial charge in [0.1, 0.15) is 11.3 Å². The van der Waals surface area contributed by atoms with E-state index in [0.29, 0.717) is 6.73 Å². The highest BCUT2D eigenvalue weighted by Gasteiger charge is 2.11. The molecule has 90 valence electrons. The van der Waals surface area contributed by atoms with Crippen LogP contribution in [0.15, 0.2) is 16.3 Å². The molecule has 0 unspecified atom stereocenters. The van der Waals surface area contributed by atoms with Gasteiger partial charge in [-0.2, -0.15) is 0 Å². The Hall–Kier alpha value is -0.260. The molecule has 1 aromatic rings. The van der Waals surface area contributed by atoms with E-state index in [9.17, 15) is 0 Å². The maximum Gasteiger partial charge on any atom is 0.171 e. The Morgan fingerprint density at radius 1 is 1.62 bits per heavy atom. The van der Waals surface area contributed by atoms with E-state index in [0.717, 1.165) is 34.9 Å². The summed E-state index contributed by atoms with van der Waals surface area (Å²) in [5.41, 5.74) is 0.973. The lowest BCUT2D eigenvalue weighted by atomic mass is 10.4. The molecule has 0 saturated carbocycles. The Kier molecular flexibility index (Phi) is 6.16. The molecule has 1 rings (SSSR count). The number of rotatable bonds is 7. The van der Waals surface area contributed by atoms with E-state index in [1.807, 2.05) is 10.8 Å². The van der Waals surface area contributed by atoms with Crippen molar-refractivity contribution in [1.82, 2.24) is 9.55 Å². The van der Waals surface area contributed by atoms with E-state index in [4.69, 9.17) is 4.74 Å². The van der Waals surface area contributed by atoms with Crippen LogP contribution in [0, 0.1) is 0 Å². The van der Waals surface area contributed by atoms with Crippen LogP contribution < -0.4 is 0 Å². The van der Waals surface area contributed by atoms with E-state index in [-0.39, 0.29) is 0 Å². The second-order valence-electron chi connectivity index (χ2n) is 3.30. The molecule has 0 bridgehead atoms. The van der Waals surface area contributed by atoms with Gasteiger partial charge in [0.15, 0.2) is 5.16 Å². The first-order valence-corrected chi connectivity index (χ1v) is 7.26. The van der Waals surface area contributed by atoms with Crippen LogP contribution in [0.1, 0.15) is 25.5 Å². The van der Waals surface area contributed by atoms with Crippen molar-refractivity contribution in [2.24, 2.45) is 0 Å². The molecule has 0 fully saturated rings. The van der Waals surface area contributed by atoms with Gasteiger partial charge in [-0.1, -0.05) is 31.7 Å². The average molecular weight is 305 g/mol. The predicted molar refractivity (Wildman–Crippen MR) is 72.7 cm³/mol. The van der Waals surface area contributed by atoms with Gasteiger partial charge in [-0.3, -0.25) is 4.57 Å². The van der Waals surface area contributed by atoms with Crippen LogP contribution in [0.25, 0.3) is 6.08 Å². The number of nitrogens with zero attached hydrogens (tertiary/aromatic N) is 2. The summed E-state index contributed by atoms with van der Waals surface area (Å²) in [6.07, 6.45) is 6.04. The van der Waals surface area contributed by atoms with Gasteiger partial charge < -0.3 is 4.74 Å². The molecule has 0 aliphatic heterocycles. The summed E-state index contributed by atoms with van der Waals surface area (Å²) in [4.78, 5) is 4.39. The lowest BCUT2D eigenvalue weighted by Crippen LogP contribution is -2.06. The van der Waals surface area contributed by atoms with Crippen molar-refractivity contribution >= 4 is 33.8 Å². The van der Waals surface area contributed by atoms with Crippen LogP contribution in [0.4, 0.5) is 0 Å². The first-order chi connectivity index (χ1) is 7.74. The van der Waals surface area contributed by atoms with Gasteiger partial charge in [-0.05, 0) is 34.7 Å². The Labute approximate surface area is 109 Å². The maximum atomic E-state index is 5.60. The fourth-order valence-electron chi connectivity index (χ4n) is 1.29. The molecule has 0 saturated heterocycles. The molecule has 16 heavy (non-hydrogen) atoms. The van der Waals surface area contributed by atoms with Crippen LogP contribution in [0.5, 0.6) is 0 Å². The number of aromatic nitrogens is 2. The van der Waals surface area contributed by atoms with Gasteiger partial charge in [0, 0.05) is 6.61 Å². The zero-order valence-corrected chi connectivity index (χ0v) is 12.1. The number of ether oxygens (including phenoxy) is 1. The summed E-state index contributed by atoms with van der Waals surface area (Å²) in [7, 11) is 0. The highest BCUT2D eigenvalue weighted by atomic mass is 79.9. The molecule has 0 spiro atoms. The number of hydrogen-bond acceptors (Lipinski definition) is 3. The molecule has 1 heterocycles. The van der Waals surface area contributed by atoms with Crippen molar-refractivity contribution < 1.29 is 4.74 Å². The van der Waals surface area contributed by atoms with E-state index in [2.05, 4.69) is 34.4 Å². The Balaban J connectivity index is 2.72. The first-order valence-electron chi connectivity index (χ1n) is 5.24. The topological polar surface area (TPSA) is 27.1 Å². The van der Waals surface area contributed by atoms with Crippen LogP contribution in [0.2, 0.25) is 0 Å². The Morgan fingerprint density at radius 2 is 2.38 bits per heavy atom. The van der Waals surface area contributed by atoms with Crippen molar-refractivity contribution in [1.29, 1.82) is 0 Å². The number of halogens is 1. The quantitative estimate of drug-likeness (QED) is 0.566. The summed E-state index contributed by atoms with van der Waals surface area (Å²) in [6, 6.07) is 0. The lowest BCUT2D eigenvalue weighted by molar-refractivity contribution is 0.0690. The van der Waals surface area contributed by atoms with Crippen molar-refractivity contribution in [2.75, 3.05) is 12.9 Å². The summed E-state index contributed by atoms with van der Waals surface area (Å²) in [5, 5.41) is 0.943. The zero-order chi connectivity index (χ0) is 12.0. The third-order valence-corrected chi connectivity index (χ3v) is 3.43. The van der Waals surface area contributed by atoms with Gasteiger partial charge in [0.05, 0.1) is 5.69 Å². The molecule has 0 aromatic carbocycles. The standard InChI is InChI=1S/C11H17BrN2OS/c1-4-6-7-15-8-14-9(5-2)10(12)13-11(14)16-3/h5H,2,4,6-8H2,1,3H3. The molecular weight excluding hydrogens is 288 g/mol. The smallest absolute Gasteiger partial charge is 0.171 e. The van der Waals surface area contributed by atoms with Gasteiger partial charge in [-0.15, -0.1) is 0 Å². The van der Waals surface area contributed by atoms with E-state index in [1.165, 1.54) is 0 Å². The fraction of sp³-hybridized carbons (Fsp3) is 0.545. The van der Waals surface area contributed by atoms with Crippen molar-refractivity contribution in [3.8, 4) is 0 Å². The highest BCUT2D eigenvalue weighted by Crippen LogP contribution is 2.24. The van der Waals surface area contributed by atoms with Gasteiger partial charge in [0.25, 0.3) is 0 Å². The largest absolute Gasteiger partial charge is 0.361 e. The predicted octanol–water partition coefficient (Wildman–Crippen LogP) is 3.78. The molecular formula is C11H17BrN2OS. The van der Waals surface area contributed by atoms with Gasteiger partial charge in [0.2, 0.25) is 0 Å². The molecule has 3 nitrogen and oxygen atoms in total. The first kappa shape index (κ1) is 13.8. The molecule has 1 aromatic heterocycles. The second-order valence-corrected chi connectivity index (χ2v) is 4.82. The molecule has 0 amide bonds. The van der Waals surface area contributed by atoms with Gasteiger partial charge in [-0.25, -0.2) is 4.98 Å². The van der Waals surface area contributed by atoms with Crippen LogP contribution >= 0.6 is 27.7 Å². The van der Waals surface area contributed by atoms with E-state index >= 15 is 0 Å². The molecule has 0 aliphatic carbocycles. The lowest BCUT2D eigenvalue weighted by Gasteiger charge is -2.09. The second kappa shape index (κ2) is 7.14. The molecule has 0 radical (unpaired) electrons. The summed E-state index contributed by atoms with van der Waals surface area (Å²) in [5.74, 6) is 0. The zero-order valence-electron chi connectivity index (χ0n) is 9.70. The summed E-state index contributed by atoms with van der Waals surface area (Å²) in [6.45, 7) is 7.27. The van der Waals surface area contributed by atoms with Crippen molar-refractivity contribution in [3.63, 3.8) is 0 Å². The molecule has 5 heteroatoms.